The fourth-order valence-electron chi connectivity index (χ4n) is 4.16. The van der Waals surface area contributed by atoms with Crippen molar-refractivity contribution in [1.29, 1.82) is 0 Å². The number of rotatable bonds is 11. The summed E-state index contributed by atoms with van der Waals surface area (Å²) in [5.41, 5.74) is 2.99. The third-order valence-electron chi connectivity index (χ3n) is 5.79. The lowest BCUT2D eigenvalue weighted by Crippen LogP contribution is -2.39. The normalized spacial score (nSPS) is 14.0. The zero-order chi connectivity index (χ0) is 22.4. The second-order valence-corrected chi connectivity index (χ2v) is 8.70. The highest BCUT2D eigenvalue weighted by Gasteiger charge is 2.38. The van der Waals surface area contributed by atoms with Crippen LogP contribution in [0, 0.1) is 0 Å². The maximum Gasteiger partial charge on any atom is 0.261 e. The summed E-state index contributed by atoms with van der Waals surface area (Å²) in [6.07, 6.45) is 6.09. The monoisotopic (exact) mass is 487 g/mol. The quantitative estimate of drug-likeness (QED) is 0.241. The van der Waals surface area contributed by atoms with Gasteiger partial charge in [-0.2, -0.15) is 0 Å². The summed E-state index contributed by atoms with van der Waals surface area (Å²) >= 11 is 3.47. The predicted molar refractivity (Wildman–Crippen MR) is 126 cm³/mol. The Kier molecular flexibility index (Phi) is 8.13. The van der Waals surface area contributed by atoms with Crippen LogP contribution in [-0.2, 0) is 12.8 Å². The number of hydrogen-bond donors (Lipinski definition) is 0. The van der Waals surface area contributed by atoms with Gasteiger partial charge < -0.3 is 9.47 Å². The van der Waals surface area contributed by atoms with E-state index in [2.05, 4.69) is 15.9 Å². The molecule has 0 radical (unpaired) electrons. The number of hydrogen-bond acceptors (Lipinski definition) is 4. The van der Waals surface area contributed by atoms with Crippen molar-refractivity contribution in [2.45, 2.75) is 51.5 Å². The van der Waals surface area contributed by atoms with E-state index in [0.29, 0.717) is 17.5 Å². The summed E-state index contributed by atoms with van der Waals surface area (Å²) in [6.45, 7) is 1.89. The number of halogens is 1. The lowest BCUT2D eigenvalue weighted by molar-refractivity contribution is 0.0596. The Balaban J connectivity index is 1.76. The molecule has 0 bridgehead atoms. The van der Waals surface area contributed by atoms with Gasteiger partial charge in [-0.25, -0.2) is 0 Å². The van der Waals surface area contributed by atoms with Gasteiger partial charge in [0.1, 0.15) is 11.5 Å². The molecule has 0 fully saturated rings. The largest absolute Gasteiger partial charge is 0.496 e. The van der Waals surface area contributed by atoms with E-state index in [1.54, 1.807) is 38.5 Å². The summed E-state index contributed by atoms with van der Waals surface area (Å²) in [5, 5.41) is 1.05. The van der Waals surface area contributed by atoms with E-state index in [1.807, 2.05) is 19.1 Å². The lowest BCUT2D eigenvalue weighted by Gasteiger charge is -2.24. The molecule has 5 nitrogen and oxygen atoms in total. The minimum atomic E-state index is -0.305. The Morgan fingerprint density at radius 3 is 2.00 bits per heavy atom. The van der Waals surface area contributed by atoms with Crippen LogP contribution in [0.1, 0.15) is 64.4 Å². The van der Waals surface area contributed by atoms with Crippen LogP contribution >= 0.6 is 15.9 Å². The standard InChI is InChI=1S/C25H30BrNO4/c1-17(27-24(28)20-11-7-8-12-21(20)25(27)29)14-19-16-22(30-2)18(15-23(19)31-3)10-6-4-5-9-13-26/h7-8,11-12,15-17H,4-6,9-10,13-14H2,1-3H3. The topological polar surface area (TPSA) is 55.8 Å². The van der Waals surface area contributed by atoms with Crippen molar-refractivity contribution in [2.24, 2.45) is 0 Å². The molecule has 1 atom stereocenters. The van der Waals surface area contributed by atoms with Gasteiger partial charge in [0.15, 0.2) is 0 Å². The Bertz CT molecular complexity index is 908. The average molecular weight is 488 g/mol. The van der Waals surface area contributed by atoms with Crippen molar-refractivity contribution in [3.8, 4) is 11.5 Å². The van der Waals surface area contributed by atoms with Crippen LogP contribution < -0.4 is 9.47 Å². The van der Waals surface area contributed by atoms with Gasteiger partial charge in [0.05, 0.1) is 25.3 Å². The van der Waals surface area contributed by atoms with Gasteiger partial charge in [0.2, 0.25) is 0 Å². The van der Waals surface area contributed by atoms with Gasteiger partial charge in [0.25, 0.3) is 11.8 Å². The minimum absolute atomic E-state index is 0.237. The van der Waals surface area contributed by atoms with Gasteiger partial charge >= 0.3 is 0 Å². The molecular weight excluding hydrogens is 458 g/mol. The fraction of sp³-hybridized carbons (Fsp3) is 0.440. The maximum atomic E-state index is 12.8. The van der Waals surface area contributed by atoms with Crippen molar-refractivity contribution in [3.63, 3.8) is 0 Å². The van der Waals surface area contributed by atoms with Crippen LogP contribution in [0.5, 0.6) is 11.5 Å². The first-order valence-electron chi connectivity index (χ1n) is 10.8. The molecule has 0 saturated carbocycles. The predicted octanol–water partition coefficient (Wildman–Crippen LogP) is 5.43. The molecule has 0 N–H and O–H groups in total. The number of aryl methyl sites for hydroxylation is 1. The first-order chi connectivity index (χ1) is 15.0. The van der Waals surface area contributed by atoms with Gasteiger partial charge in [-0.15, -0.1) is 0 Å². The van der Waals surface area contributed by atoms with Gasteiger partial charge in [-0.05, 0) is 68.0 Å². The Labute approximate surface area is 192 Å². The summed E-state index contributed by atoms with van der Waals surface area (Å²) in [7, 11) is 3.32. The first-order valence-corrected chi connectivity index (χ1v) is 11.9. The van der Waals surface area contributed by atoms with Crippen LogP contribution in [-0.4, -0.2) is 42.3 Å². The van der Waals surface area contributed by atoms with Crippen molar-refractivity contribution in [3.05, 3.63) is 58.7 Å². The summed E-state index contributed by atoms with van der Waals surface area (Å²) in [4.78, 5) is 27.0. The zero-order valence-corrected chi connectivity index (χ0v) is 20.0. The Hall–Kier alpha value is -2.34. The highest BCUT2D eigenvalue weighted by molar-refractivity contribution is 9.09. The highest BCUT2D eigenvalue weighted by atomic mass is 79.9. The van der Waals surface area contributed by atoms with Gasteiger partial charge in [-0.3, -0.25) is 14.5 Å². The zero-order valence-electron chi connectivity index (χ0n) is 18.4. The minimum Gasteiger partial charge on any atom is -0.496 e. The average Bonchev–Trinajstić information content (AvgIpc) is 3.04. The van der Waals surface area contributed by atoms with E-state index >= 15 is 0 Å². The fourth-order valence-corrected chi connectivity index (χ4v) is 4.56. The molecule has 1 heterocycles. The smallest absolute Gasteiger partial charge is 0.261 e. The number of alkyl halides is 1. The molecule has 1 aliphatic rings. The molecule has 0 spiro atoms. The third kappa shape index (κ3) is 5.12. The van der Waals surface area contributed by atoms with Crippen molar-refractivity contribution in [2.75, 3.05) is 19.5 Å². The lowest BCUT2D eigenvalue weighted by atomic mass is 9.99. The van der Waals surface area contributed by atoms with Crippen molar-refractivity contribution >= 4 is 27.7 Å². The number of ether oxygens (including phenoxy) is 2. The Morgan fingerprint density at radius 1 is 0.871 bits per heavy atom. The van der Waals surface area contributed by atoms with Crippen molar-refractivity contribution < 1.29 is 19.1 Å². The first kappa shape index (κ1) is 23.3. The third-order valence-corrected chi connectivity index (χ3v) is 6.36. The van der Waals surface area contributed by atoms with Crippen LogP contribution in [0.2, 0.25) is 0 Å². The maximum absolute atomic E-state index is 12.8. The van der Waals surface area contributed by atoms with Crippen LogP contribution in [0.4, 0.5) is 0 Å². The van der Waals surface area contributed by atoms with E-state index in [1.165, 1.54) is 24.2 Å². The number of fused-ring (bicyclic) bond motifs is 1. The highest BCUT2D eigenvalue weighted by Crippen LogP contribution is 2.33. The number of carbonyl (C=O) groups excluding carboxylic acids is 2. The molecule has 2 amide bonds. The molecule has 1 unspecified atom stereocenters. The number of amides is 2. The second-order valence-electron chi connectivity index (χ2n) is 7.91. The number of carbonyl (C=O) groups is 2. The van der Waals surface area contributed by atoms with E-state index in [9.17, 15) is 9.59 Å². The summed E-state index contributed by atoms with van der Waals surface area (Å²) < 4.78 is 11.3. The number of methoxy groups -OCH3 is 2. The van der Waals surface area contributed by atoms with Crippen LogP contribution in [0.3, 0.4) is 0 Å². The molecule has 166 valence electrons. The molecule has 0 saturated heterocycles. The van der Waals surface area contributed by atoms with Crippen molar-refractivity contribution in [1.82, 2.24) is 4.90 Å². The molecule has 31 heavy (non-hydrogen) atoms. The molecule has 2 aromatic rings. The van der Waals surface area contributed by atoms with Gasteiger partial charge in [0, 0.05) is 11.4 Å². The Morgan fingerprint density at radius 2 is 1.42 bits per heavy atom. The molecule has 0 aromatic heterocycles. The van der Waals surface area contributed by atoms with Crippen LogP contribution in [0.15, 0.2) is 36.4 Å². The summed E-state index contributed by atoms with van der Waals surface area (Å²) in [5.74, 6) is 1.11. The number of unbranched alkanes of at least 4 members (excludes halogenated alkanes) is 3. The molecule has 0 aliphatic carbocycles. The van der Waals surface area contributed by atoms with Gasteiger partial charge in [-0.1, -0.05) is 40.9 Å². The number of benzene rings is 2. The molecule has 2 aromatic carbocycles. The van der Waals surface area contributed by atoms with E-state index in [4.69, 9.17) is 9.47 Å². The summed E-state index contributed by atoms with van der Waals surface area (Å²) in [6, 6.07) is 10.7. The molecule has 6 heteroatoms. The molecule has 3 rings (SSSR count). The number of nitrogens with zero attached hydrogens (tertiary/aromatic N) is 1. The second kappa shape index (κ2) is 10.8. The van der Waals surface area contributed by atoms with E-state index in [-0.39, 0.29) is 17.9 Å². The SMILES string of the molecule is COc1cc(CC(C)N2C(=O)c3ccccc3C2=O)c(OC)cc1CCCCCCBr. The van der Waals surface area contributed by atoms with E-state index in [0.717, 1.165) is 40.8 Å². The number of imide groups is 1. The van der Waals surface area contributed by atoms with E-state index < -0.39 is 0 Å². The molecule has 1 aliphatic heterocycles. The van der Waals surface area contributed by atoms with Crippen LogP contribution in [0.25, 0.3) is 0 Å². The molecular formula is C25H30BrNO4.